The topological polar surface area (TPSA) is 26.3 Å². The third-order valence-corrected chi connectivity index (χ3v) is 2.38. The van der Waals surface area contributed by atoms with E-state index in [-0.39, 0.29) is 5.97 Å². The third kappa shape index (κ3) is 3.56. The van der Waals surface area contributed by atoms with Gasteiger partial charge in [-0.25, -0.2) is 0 Å². The smallest absolute Gasteiger partial charge is 0.311 e. The van der Waals surface area contributed by atoms with Crippen LogP contribution in [0.2, 0.25) is 0 Å². The van der Waals surface area contributed by atoms with Crippen molar-refractivity contribution in [2.24, 2.45) is 0 Å². The molecule has 0 aliphatic heterocycles. The van der Waals surface area contributed by atoms with Crippen LogP contribution in [0.15, 0.2) is 18.2 Å². The van der Waals surface area contributed by atoms with Gasteiger partial charge in [0.05, 0.1) is 0 Å². The van der Waals surface area contributed by atoms with Gasteiger partial charge in [-0.2, -0.15) is 0 Å². The van der Waals surface area contributed by atoms with Crippen LogP contribution in [0.3, 0.4) is 0 Å². The van der Waals surface area contributed by atoms with E-state index in [1.165, 1.54) is 0 Å². The highest BCUT2D eigenvalue weighted by Crippen LogP contribution is 2.20. The molecule has 1 aromatic carbocycles. The molecule has 2 nitrogen and oxygen atoms in total. The predicted octanol–water partition coefficient (Wildman–Crippen LogP) is 3.44. The Kier molecular flexibility index (Phi) is 4.63. The largest absolute Gasteiger partial charge is 0.426 e. The third-order valence-electron chi connectivity index (χ3n) is 2.07. The standard InChI is InChI=1S/C12H15ClO2/c1-3-4-12(14)15-11-6-5-10(8-13)7-9(11)2/h5-7H,3-4,8H2,1-2H3. The molecule has 3 heteroatoms. The summed E-state index contributed by atoms with van der Waals surface area (Å²) < 4.78 is 5.20. The zero-order valence-electron chi connectivity index (χ0n) is 9.05. The van der Waals surface area contributed by atoms with Crippen LogP contribution < -0.4 is 4.74 Å². The second-order valence-corrected chi connectivity index (χ2v) is 3.72. The van der Waals surface area contributed by atoms with E-state index in [4.69, 9.17) is 16.3 Å². The molecule has 0 unspecified atom stereocenters. The van der Waals surface area contributed by atoms with Crippen molar-refractivity contribution >= 4 is 17.6 Å². The molecule has 0 saturated heterocycles. The number of halogens is 1. The van der Waals surface area contributed by atoms with Gasteiger partial charge in [0.15, 0.2) is 0 Å². The van der Waals surface area contributed by atoms with Crippen molar-refractivity contribution < 1.29 is 9.53 Å². The molecule has 0 aliphatic carbocycles. The van der Waals surface area contributed by atoms with Gasteiger partial charge in [-0.3, -0.25) is 4.79 Å². The van der Waals surface area contributed by atoms with Crippen LogP contribution in [-0.2, 0) is 10.7 Å². The van der Waals surface area contributed by atoms with E-state index in [0.717, 1.165) is 17.5 Å². The number of carbonyl (C=O) groups is 1. The fraction of sp³-hybridized carbons (Fsp3) is 0.417. The molecule has 0 spiro atoms. The van der Waals surface area contributed by atoms with E-state index in [0.29, 0.717) is 18.1 Å². The molecule has 15 heavy (non-hydrogen) atoms. The highest BCUT2D eigenvalue weighted by Gasteiger charge is 2.06. The Bertz CT molecular complexity index is 347. The number of hydrogen-bond acceptors (Lipinski definition) is 2. The molecule has 0 heterocycles. The molecule has 1 rings (SSSR count). The van der Waals surface area contributed by atoms with E-state index in [2.05, 4.69) is 0 Å². The molecule has 0 amide bonds. The lowest BCUT2D eigenvalue weighted by Crippen LogP contribution is -2.07. The molecule has 0 N–H and O–H groups in total. The maximum atomic E-state index is 11.3. The van der Waals surface area contributed by atoms with Crippen LogP contribution in [0.1, 0.15) is 30.9 Å². The highest BCUT2D eigenvalue weighted by molar-refractivity contribution is 6.17. The lowest BCUT2D eigenvalue weighted by Gasteiger charge is -2.07. The number of benzene rings is 1. The van der Waals surface area contributed by atoms with Crippen molar-refractivity contribution in [2.75, 3.05) is 0 Å². The monoisotopic (exact) mass is 226 g/mol. The van der Waals surface area contributed by atoms with Gasteiger partial charge in [-0.05, 0) is 30.5 Å². The summed E-state index contributed by atoms with van der Waals surface area (Å²) in [5, 5.41) is 0. The number of ether oxygens (including phenoxy) is 1. The molecule has 0 aliphatic rings. The molecule has 0 bridgehead atoms. The van der Waals surface area contributed by atoms with E-state index in [1.54, 1.807) is 6.07 Å². The Balaban J connectivity index is 2.73. The van der Waals surface area contributed by atoms with Crippen molar-refractivity contribution in [1.29, 1.82) is 0 Å². The molecule has 0 saturated carbocycles. The normalized spacial score (nSPS) is 10.1. The second-order valence-electron chi connectivity index (χ2n) is 3.46. The summed E-state index contributed by atoms with van der Waals surface area (Å²) in [6.45, 7) is 3.86. The van der Waals surface area contributed by atoms with Crippen LogP contribution in [0.25, 0.3) is 0 Å². The predicted molar refractivity (Wildman–Crippen MR) is 61.3 cm³/mol. The van der Waals surface area contributed by atoms with Crippen LogP contribution in [-0.4, -0.2) is 5.97 Å². The van der Waals surface area contributed by atoms with Crippen molar-refractivity contribution in [3.05, 3.63) is 29.3 Å². The molecular weight excluding hydrogens is 212 g/mol. The lowest BCUT2D eigenvalue weighted by molar-refractivity contribution is -0.134. The average Bonchev–Trinajstić information content (AvgIpc) is 2.21. The number of esters is 1. The average molecular weight is 227 g/mol. The molecular formula is C12H15ClO2. The molecule has 0 fully saturated rings. The Labute approximate surface area is 95.2 Å². The van der Waals surface area contributed by atoms with Gasteiger partial charge in [-0.15, -0.1) is 11.6 Å². The van der Waals surface area contributed by atoms with Gasteiger partial charge in [0, 0.05) is 12.3 Å². The maximum absolute atomic E-state index is 11.3. The highest BCUT2D eigenvalue weighted by atomic mass is 35.5. The van der Waals surface area contributed by atoms with Crippen LogP contribution in [0.5, 0.6) is 5.75 Å². The Morgan fingerprint density at radius 2 is 2.20 bits per heavy atom. The van der Waals surface area contributed by atoms with Crippen LogP contribution in [0.4, 0.5) is 0 Å². The first-order valence-electron chi connectivity index (χ1n) is 5.03. The zero-order valence-corrected chi connectivity index (χ0v) is 9.80. The van der Waals surface area contributed by atoms with E-state index >= 15 is 0 Å². The quantitative estimate of drug-likeness (QED) is 0.447. The number of rotatable bonds is 4. The maximum Gasteiger partial charge on any atom is 0.311 e. The minimum atomic E-state index is -0.181. The van der Waals surface area contributed by atoms with Crippen molar-refractivity contribution in [1.82, 2.24) is 0 Å². The Morgan fingerprint density at radius 1 is 1.47 bits per heavy atom. The first-order chi connectivity index (χ1) is 7.17. The number of hydrogen-bond donors (Lipinski definition) is 0. The summed E-state index contributed by atoms with van der Waals surface area (Å²) in [6, 6.07) is 5.59. The number of alkyl halides is 1. The fourth-order valence-corrected chi connectivity index (χ4v) is 1.45. The van der Waals surface area contributed by atoms with Crippen molar-refractivity contribution in [3.8, 4) is 5.75 Å². The molecule has 0 atom stereocenters. The van der Waals surface area contributed by atoms with E-state index in [1.807, 2.05) is 26.0 Å². The van der Waals surface area contributed by atoms with Crippen LogP contribution in [0, 0.1) is 6.92 Å². The van der Waals surface area contributed by atoms with Gasteiger partial charge >= 0.3 is 5.97 Å². The summed E-state index contributed by atoms with van der Waals surface area (Å²) in [7, 11) is 0. The Hall–Kier alpha value is -1.02. The summed E-state index contributed by atoms with van der Waals surface area (Å²) >= 11 is 5.70. The summed E-state index contributed by atoms with van der Waals surface area (Å²) in [5.74, 6) is 0.922. The van der Waals surface area contributed by atoms with E-state index in [9.17, 15) is 4.79 Å². The molecule has 1 aromatic rings. The van der Waals surface area contributed by atoms with Gasteiger partial charge in [-0.1, -0.05) is 19.1 Å². The number of aryl methyl sites for hydroxylation is 1. The minimum absolute atomic E-state index is 0.181. The van der Waals surface area contributed by atoms with E-state index < -0.39 is 0 Å². The molecule has 0 aromatic heterocycles. The van der Waals surface area contributed by atoms with Gasteiger partial charge in [0.1, 0.15) is 5.75 Å². The fourth-order valence-electron chi connectivity index (χ4n) is 1.29. The number of carbonyl (C=O) groups excluding carboxylic acids is 1. The van der Waals surface area contributed by atoms with Crippen molar-refractivity contribution in [2.45, 2.75) is 32.6 Å². The second kappa shape index (κ2) is 5.76. The SMILES string of the molecule is CCCC(=O)Oc1ccc(CCl)cc1C. The van der Waals surface area contributed by atoms with Gasteiger partial charge in [0.25, 0.3) is 0 Å². The van der Waals surface area contributed by atoms with Crippen LogP contribution >= 0.6 is 11.6 Å². The summed E-state index contributed by atoms with van der Waals surface area (Å²) in [5.41, 5.74) is 1.97. The molecule has 0 radical (unpaired) electrons. The van der Waals surface area contributed by atoms with Crippen molar-refractivity contribution in [3.63, 3.8) is 0 Å². The van der Waals surface area contributed by atoms with Gasteiger partial charge < -0.3 is 4.74 Å². The Morgan fingerprint density at radius 3 is 2.73 bits per heavy atom. The lowest BCUT2D eigenvalue weighted by atomic mass is 10.1. The molecule has 82 valence electrons. The minimum Gasteiger partial charge on any atom is -0.426 e. The summed E-state index contributed by atoms with van der Waals surface area (Å²) in [4.78, 5) is 11.3. The zero-order chi connectivity index (χ0) is 11.3. The first kappa shape index (κ1) is 12.1. The summed E-state index contributed by atoms with van der Waals surface area (Å²) in [6.07, 6.45) is 1.26. The first-order valence-corrected chi connectivity index (χ1v) is 5.57. The van der Waals surface area contributed by atoms with Gasteiger partial charge in [0.2, 0.25) is 0 Å².